The molecule has 1 heterocycles. The summed E-state index contributed by atoms with van der Waals surface area (Å²) in [5, 5.41) is 14.2. The molecule has 0 bridgehead atoms. The van der Waals surface area contributed by atoms with Gasteiger partial charge in [0.25, 0.3) is 0 Å². The molecule has 2 rings (SSSR count). The average Bonchev–Trinajstić information content (AvgIpc) is 2.78. The predicted molar refractivity (Wildman–Crippen MR) is 80.0 cm³/mol. The van der Waals surface area contributed by atoms with Crippen LogP contribution in [0.4, 0.5) is 0 Å². The highest BCUT2D eigenvalue weighted by Gasteiger charge is 2.11. The number of nitrogens with one attached hydrogen (secondary N) is 1. The minimum Gasteiger partial charge on any atom is -0.308 e. The Kier molecular flexibility index (Phi) is 4.72. The van der Waals surface area contributed by atoms with E-state index in [4.69, 9.17) is 11.6 Å². The van der Waals surface area contributed by atoms with Gasteiger partial charge in [0.05, 0.1) is 5.02 Å². The average molecular weight is 347 g/mol. The Morgan fingerprint density at radius 3 is 2.89 bits per heavy atom. The molecule has 3 nitrogen and oxygen atoms in total. The Labute approximate surface area is 124 Å². The standard InChI is InChI=1S/C12H13BrClN3S/c1-7(2)15-6-10-16-17-12(18-10)8-4-3-5-9(13)11(8)14/h3-5,7,15H,6H2,1-2H3. The van der Waals surface area contributed by atoms with Gasteiger partial charge in [-0.1, -0.05) is 48.9 Å². The van der Waals surface area contributed by atoms with Crippen molar-refractivity contribution in [3.8, 4) is 10.6 Å². The minimum absolute atomic E-state index is 0.437. The fraction of sp³-hybridized carbons (Fsp3) is 0.333. The first kappa shape index (κ1) is 13.9. The Hall–Kier alpha value is -0.490. The van der Waals surface area contributed by atoms with Gasteiger partial charge in [0.1, 0.15) is 10.0 Å². The fourth-order valence-electron chi connectivity index (χ4n) is 1.39. The van der Waals surface area contributed by atoms with Crippen molar-refractivity contribution in [2.45, 2.75) is 26.4 Å². The minimum atomic E-state index is 0.437. The molecule has 0 spiro atoms. The molecule has 0 aliphatic heterocycles. The van der Waals surface area contributed by atoms with Crippen LogP contribution in [-0.2, 0) is 6.54 Å². The Morgan fingerprint density at radius 1 is 1.39 bits per heavy atom. The van der Waals surface area contributed by atoms with Gasteiger partial charge in [0.15, 0.2) is 0 Å². The summed E-state index contributed by atoms with van der Waals surface area (Å²) >= 11 is 11.2. The molecule has 0 fully saturated rings. The lowest BCUT2D eigenvalue weighted by Crippen LogP contribution is -2.21. The molecule has 2 aromatic rings. The molecule has 1 N–H and O–H groups in total. The summed E-state index contributed by atoms with van der Waals surface area (Å²) in [7, 11) is 0. The number of hydrogen-bond donors (Lipinski definition) is 1. The number of nitrogens with zero attached hydrogens (tertiary/aromatic N) is 2. The smallest absolute Gasteiger partial charge is 0.149 e. The van der Waals surface area contributed by atoms with Crippen LogP contribution < -0.4 is 5.32 Å². The lowest BCUT2D eigenvalue weighted by Gasteiger charge is -2.04. The molecule has 1 aromatic heterocycles. The van der Waals surface area contributed by atoms with Crippen LogP contribution >= 0.6 is 38.9 Å². The summed E-state index contributed by atoms with van der Waals surface area (Å²) in [4.78, 5) is 0. The van der Waals surface area contributed by atoms with E-state index in [1.54, 1.807) is 11.3 Å². The second kappa shape index (κ2) is 6.10. The van der Waals surface area contributed by atoms with Gasteiger partial charge in [-0.2, -0.15) is 0 Å². The third kappa shape index (κ3) is 3.29. The summed E-state index contributed by atoms with van der Waals surface area (Å²) in [6, 6.07) is 6.24. The molecule has 1 aromatic carbocycles. The van der Waals surface area contributed by atoms with Gasteiger partial charge < -0.3 is 5.32 Å². The van der Waals surface area contributed by atoms with Crippen molar-refractivity contribution in [1.82, 2.24) is 15.5 Å². The highest BCUT2D eigenvalue weighted by atomic mass is 79.9. The van der Waals surface area contributed by atoms with E-state index in [9.17, 15) is 0 Å². The number of benzene rings is 1. The summed E-state index contributed by atoms with van der Waals surface area (Å²) in [6.45, 7) is 4.95. The number of aromatic nitrogens is 2. The maximum Gasteiger partial charge on any atom is 0.149 e. The van der Waals surface area contributed by atoms with Crippen LogP contribution in [0.1, 0.15) is 18.9 Å². The molecule has 0 atom stereocenters. The first-order valence-electron chi connectivity index (χ1n) is 5.58. The van der Waals surface area contributed by atoms with E-state index in [0.717, 1.165) is 26.6 Å². The third-order valence-corrected chi connectivity index (χ3v) is 4.56. The van der Waals surface area contributed by atoms with E-state index in [0.29, 0.717) is 11.1 Å². The molecule has 0 unspecified atom stereocenters. The predicted octanol–water partition coefficient (Wildman–Crippen LogP) is 4.12. The molecule has 0 amide bonds. The maximum absolute atomic E-state index is 6.24. The molecule has 0 aliphatic rings. The summed E-state index contributed by atoms with van der Waals surface area (Å²) in [5.41, 5.74) is 0.916. The molecule has 0 saturated heterocycles. The molecular weight excluding hydrogens is 334 g/mol. The first-order chi connectivity index (χ1) is 8.58. The lowest BCUT2D eigenvalue weighted by atomic mass is 10.2. The quantitative estimate of drug-likeness (QED) is 0.905. The van der Waals surface area contributed by atoms with E-state index >= 15 is 0 Å². The Morgan fingerprint density at radius 2 is 2.17 bits per heavy atom. The highest BCUT2D eigenvalue weighted by Crippen LogP contribution is 2.34. The van der Waals surface area contributed by atoms with Crippen LogP contribution in [0.2, 0.25) is 5.02 Å². The van der Waals surface area contributed by atoms with Crippen molar-refractivity contribution in [2.75, 3.05) is 0 Å². The second-order valence-electron chi connectivity index (χ2n) is 4.14. The first-order valence-corrected chi connectivity index (χ1v) is 7.57. The zero-order valence-electron chi connectivity index (χ0n) is 10.1. The Balaban J connectivity index is 2.21. The monoisotopic (exact) mass is 345 g/mol. The SMILES string of the molecule is CC(C)NCc1nnc(-c2cccc(Br)c2Cl)s1. The third-order valence-electron chi connectivity index (χ3n) is 2.31. The van der Waals surface area contributed by atoms with Crippen molar-refractivity contribution < 1.29 is 0 Å². The Bertz CT molecular complexity index is 542. The number of rotatable bonds is 4. The van der Waals surface area contributed by atoms with Crippen LogP contribution in [0, 0.1) is 0 Å². The van der Waals surface area contributed by atoms with E-state index in [-0.39, 0.29) is 0 Å². The molecule has 0 aliphatic carbocycles. The molecule has 0 saturated carbocycles. The van der Waals surface area contributed by atoms with Gasteiger partial charge in [-0.05, 0) is 22.0 Å². The lowest BCUT2D eigenvalue weighted by molar-refractivity contribution is 0.585. The summed E-state index contributed by atoms with van der Waals surface area (Å²) < 4.78 is 0.874. The molecule has 96 valence electrons. The second-order valence-corrected chi connectivity index (χ2v) is 6.43. The maximum atomic E-state index is 6.24. The van der Waals surface area contributed by atoms with Crippen molar-refractivity contribution in [1.29, 1.82) is 0 Å². The van der Waals surface area contributed by atoms with Gasteiger partial charge in [0, 0.05) is 22.6 Å². The van der Waals surface area contributed by atoms with Crippen LogP contribution in [0.5, 0.6) is 0 Å². The number of halogens is 2. The number of hydrogen-bond acceptors (Lipinski definition) is 4. The molecular formula is C12H13BrClN3S. The van der Waals surface area contributed by atoms with Gasteiger partial charge in [-0.25, -0.2) is 0 Å². The van der Waals surface area contributed by atoms with Crippen LogP contribution in [0.15, 0.2) is 22.7 Å². The van der Waals surface area contributed by atoms with Crippen molar-refractivity contribution in [3.63, 3.8) is 0 Å². The van der Waals surface area contributed by atoms with Gasteiger partial charge in [-0.15, -0.1) is 10.2 Å². The highest BCUT2D eigenvalue weighted by molar-refractivity contribution is 9.10. The topological polar surface area (TPSA) is 37.8 Å². The largest absolute Gasteiger partial charge is 0.308 e. The fourth-order valence-corrected chi connectivity index (χ4v) is 2.85. The van der Waals surface area contributed by atoms with E-state index in [1.807, 2.05) is 18.2 Å². The van der Waals surface area contributed by atoms with Crippen molar-refractivity contribution >= 4 is 38.9 Å². The van der Waals surface area contributed by atoms with Crippen LogP contribution in [0.25, 0.3) is 10.6 Å². The van der Waals surface area contributed by atoms with Crippen LogP contribution in [-0.4, -0.2) is 16.2 Å². The van der Waals surface area contributed by atoms with E-state index < -0.39 is 0 Å². The summed E-state index contributed by atoms with van der Waals surface area (Å²) in [6.07, 6.45) is 0. The van der Waals surface area contributed by atoms with Gasteiger partial charge >= 0.3 is 0 Å². The molecule has 0 radical (unpaired) electrons. The van der Waals surface area contributed by atoms with E-state index in [2.05, 4.69) is 45.3 Å². The van der Waals surface area contributed by atoms with Crippen LogP contribution in [0.3, 0.4) is 0 Å². The molecule has 18 heavy (non-hydrogen) atoms. The zero-order chi connectivity index (χ0) is 13.1. The van der Waals surface area contributed by atoms with Crippen molar-refractivity contribution in [2.24, 2.45) is 0 Å². The van der Waals surface area contributed by atoms with Gasteiger partial charge in [0.2, 0.25) is 0 Å². The summed E-state index contributed by atoms with van der Waals surface area (Å²) in [5.74, 6) is 0. The molecule has 6 heteroatoms. The zero-order valence-corrected chi connectivity index (χ0v) is 13.2. The van der Waals surface area contributed by atoms with Crippen molar-refractivity contribution in [3.05, 3.63) is 32.7 Å². The normalized spacial score (nSPS) is 11.2. The van der Waals surface area contributed by atoms with E-state index in [1.165, 1.54) is 0 Å². The van der Waals surface area contributed by atoms with Gasteiger partial charge in [-0.3, -0.25) is 0 Å².